The van der Waals surface area contributed by atoms with Gasteiger partial charge in [-0.05, 0) is 32.9 Å². The van der Waals surface area contributed by atoms with E-state index in [0.717, 1.165) is 18.8 Å². The number of aliphatic hydroxyl groups is 1. The minimum atomic E-state index is 0.0902. The van der Waals surface area contributed by atoms with Crippen molar-refractivity contribution in [3.63, 3.8) is 0 Å². The highest BCUT2D eigenvalue weighted by Crippen LogP contribution is 2.11. The first-order valence-electron chi connectivity index (χ1n) is 5.45. The van der Waals surface area contributed by atoms with Crippen molar-refractivity contribution in [3.05, 3.63) is 17.0 Å². The largest absolute Gasteiger partial charge is 0.395 e. The molecule has 4 heteroatoms. The van der Waals surface area contributed by atoms with Crippen LogP contribution in [0, 0.1) is 20.8 Å². The maximum absolute atomic E-state index is 9.18. The Bertz CT molecular complexity index is 320. The monoisotopic (exact) mass is 211 g/mol. The standard InChI is InChI=1S/C11H21N3O/c1-5-12-11(7-15)6-14-10(4)8(2)9(3)13-14/h11-12,15H,5-7H2,1-4H3. The highest BCUT2D eigenvalue weighted by Gasteiger charge is 2.11. The van der Waals surface area contributed by atoms with Crippen molar-refractivity contribution in [1.82, 2.24) is 15.1 Å². The predicted molar refractivity (Wildman–Crippen MR) is 61.0 cm³/mol. The normalized spacial score (nSPS) is 13.1. The lowest BCUT2D eigenvalue weighted by Crippen LogP contribution is -2.36. The van der Waals surface area contributed by atoms with E-state index in [1.165, 1.54) is 11.3 Å². The van der Waals surface area contributed by atoms with Crippen LogP contribution in [0.1, 0.15) is 23.9 Å². The topological polar surface area (TPSA) is 50.1 Å². The van der Waals surface area contributed by atoms with E-state index < -0.39 is 0 Å². The van der Waals surface area contributed by atoms with Gasteiger partial charge in [0.2, 0.25) is 0 Å². The van der Waals surface area contributed by atoms with Gasteiger partial charge in [-0.1, -0.05) is 6.92 Å². The molecule has 1 aromatic rings. The summed E-state index contributed by atoms with van der Waals surface area (Å²) in [6.45, 7) is 9.93. The van der Waals surface area contributed by atoms with Crippen molar-refractivity contribution in [2.45, 2.75) is 40.3 Å². The number of nitrogens with zero attached hydrogens (tertiary/aromatic N) is 2. The van der Waals surface area contributed by atoms with Crippen LogP contribution < -0.4 is 5.32 Å². The van der Waals surface area contributed by atoms with E-state index >= 15 is 0 Å². The van der Waals surface area contributed by atoms with Gasteiger partial charge in [0.15, 0.2) is 0 Å². The number of aliphatic hydroxyl groups excluding tert-OH is 1. The van der Waals surface area contributed by atoms with Crippen molar-refractivity contribution in [1.29, 1.82) is 0 Å². The Labute approximate surface area is 91.3 Å². The first-order chi connectivity index (χ1) is 7.10. The van der Waals surface area contributed by atoms with Crippen LogP contribution in [0.3, 0.4) is 0 Å². The number of nitrogens with one attached hydrogen (secondary N) is 1. The molecule has 0 aliphatic carbocycles. The fourth-order valence-electron chi connectivity index (χ4n) is 1.65. The molecule has 1 heterocycles. The summed E-state index contributed by atoms with van der Waals surface area (Å²) in [7, 11) is 0. The van der Waals surface area contributed by atoms with E-state index in [-0.39, 0.29) is 12.6 Å². The summed E-state index contributed by atoms with van der Waals surface area (Å²) in [5.41, 5.74) is 3.49. The lowest BCUT2D eigenvalue weighted by molar-refractivity contribution is 0.226. The highest BCUT2D eigenvalue weighted by molar-refractivity contribution is 5.22. The number of rotatable bonds is 5. The zero-order valence-electron chi connectivity index (χ0n) is 10.0. The SMILES string of the molecule is CCNC(CO)Cn1nc(C)c(C)c1C. The smallest absolute Gasteiger partial charge is 0.0625 e. The van der Waals surface area contributed by atoms with Crippen LogP contribution in [0.2, 0.25) is 0 Å². The molecule has 1 rings (SSSR count). The third-order valence-corrected chi connectivity index (χ3v) is 2.85. The number of likely N-dealkylation sites (N-methyl/N-ethyl adjacent to an activating group) is 1. The number of aromatic nitrogens is 2. The van der Waals surface area contributed by atoms with E-state index in [9.17, 15) is 5.11 Å². The molecule has 1 atom stereocenters. The Morgan fingerprint density at radius 2 is 2.07 bits per heavy atom. The first-order valence-corrected chi connectivity index (χ1v) is 5.45. The van der Waals surface area contributed by atoms with Gasteiger partial charge in [0.25, 0.3) is 0 Å². The first kappa shape index (κ1) is 12.2. The van der Waals surface area contributed by atoms with E-state index in [4.69, 9.17) is 0 Å². The molecule has 2 N–H and O–H groups in total. The van der Waals surface area contributed by atoms with Gasteiger partial charge in [-0.15, -0.1) is 0 Å². The van der Waals surface area contributed by atoms with Crippen molar-refractivity contribution < 1.29 is 5.11 Å². The quantitative estimate of drug-likeness (QED) is 0.756. The van der Waals surface area contributed by atoms with E-state index in [1.807, 2.05) is 18.5 Å². The molecular weight excluding hydrogens is 190 g/mol. The lowest BCUT2D eigenvalue weighted by atomic mass is 10.2. The van der Waals surface area contributed by atoms with Crippen molar-refractivity contribution in [2.24, 2.45) is 0 Å². The molecule has 0 radical (unpaired) electrons. The fraction of sp³-hybridized carbons (Fsp3) is 0.727. The maximum Gasteiger partial charge on any atom is 0.0625 e. The molecule has 0 aliphatic heterocycles. The number of aryl methyl sites for hydroxylation is 1. The Balaban J connectivity index is 2.74. The Kier molecular flexibility index (Phi) is 4.29. The van der Waals surface area contributed by atoms with Crippen LogP contribution in [-0.2, 0) is 6.54 Å². The maximum atomic E-state index is 9.18. The molecule has 1 unspecified atom stereocenters. The van der Waals surface area contributed by atoms with Gasteiger partial charge in [-0.3, -0.25) is 4.68 Å². The second-order valence-corrected chi connectivity index (χ2v) is 3.92. The van der Waals surface area contributed by atoms with Gasteiger partial charge in [-0.25, -0.2) is 0 Å². The third-order valence-electron chi connectivity index (χ3n) is 2.85. The second kappa shape index (κ2) is 5.28. The minimum Gasteiger partial charge on any atom is -0.395 e. The zero-order valence-corrected chi connectivity index (χ0v) is 10.0. The summed E-state index contributed by atoms with van der Waals surface area (Å²) in [5.74, 6) is 0. The molecule has 0 aliphatic rings. The van der Waals surface area contributed by atoms with Crippen LogP contribution in [-0.4, -0.2) is 34.1 Å². The van der Waals surface area contributed by atoms with E-state index in [2.05, 4.69) is 24.3 Å². The summed E-state index contributed by atoms with van der Waals surface area (Å²) in [5, 5.41) is 16.9. The van der Waals surface area contributed by atoms with Crippen molar-refractivity contribution >= 4 is 0 Å². The zero-order chi connectivity index (χ0) is 11.4. The van der Waals surface area contributed by atoms with Gasteiger partial charge < -0.3 is 10.4 Å². The molecule has 15 heavy (non-hydrogen) atoms. The average molecular weight is 211 g/mol. The fourth-order valence-corrected chi connectivity index (χ4v) is 1.65. The molecule has 0 bridgehead atoms. The summed E-state index contributed by atoms with van der Waals surface area (Å²) >= 11 is 0. The molecule has 0 amide bonds. The minimum absolute atomic E-state index is 0.0902. The summed E-state index contributed by atoms with van der Waals surface area (Å²) in [4.78, 5) is 0. The Hall–Kier alpha value is -0.870. The second-order valence-electron chi connectivity index (χ2n) is 3.92. The summed E-state index contributed by atoms with van der Waals surface area (Å²) in [6.07, 6.45) is 0. The average Bonchev–Trinajstić information content (AvgIpc) is 2.46. The van der Waals surface area contributed by atoms with Gasteiger partial charge >= 0.3 is 0 Å². The lowest BCUT2D eigenvalue weighted by Gasteiger charge is -2.15. The molecule has 0 fully saturated rings. The van der Waals surface area contributed by atoms with Crippen molar-refractivity contribution in [2.75, 3.05) is 13.2 Å². The summed E-state index contributed by atoms with van der Waals surface area (Å²) < 4.78 is 1.97. The summed E-state index contributed by atoms with van der Waals surface area (Å²) in [6, 6.07) is 0.0902. The molecule has 0 aromatic carbocycles. The van der Waals surface area contributed by atoms with Crippen LogP contribution in [0.5, 0.6) is 0 Å². The predicted octanol–water partition coefficient (Wildman–Crippen LogP) is 0.779. The highest BCUT2D eigenvalue weighted by atomic mass is 16.3. The van der Waals surface area contributed by atoms with Crippen LogP contribution in [0.15, 0.2) is 0 Å². The van der Waals surface area contributed by atoms with E-state index in [0.29, 0.717) is 0 Å². The van der Waals surface area contributed by atoms with Crippen LogP contribution >= 0.6 is 0 Å². The molecule has 1 aromatic heterocycles. The van der Waals surface area contributed by atoms with Gasteiger partial charge in [0, 0.05) is 11.7 Å². The molecule has 0 saturated heterocycles. The molecule has 86 valence electrons. The number of hydrogen-bond acceptors (Lipinski definition) is 3. The molecule has 0 saturated carbocycles. The van der Waals surface area contributed by atoms with Gasteiger partial charge in [-0.2, -0.15) is 5.10 Å². The number of hydrogen-bond donors (Lipinski definition) is 2. The third kappa shape index (κ3) is 2.79. The Morgan fingerprint density at radius 1 is 1.40 bits per heavy atom. The van der Waals surface area contributed by atoms with E-state index in [1.54, 1.807) is 0 Å². The van der Waals surface area contributed by atoms with Gasteiger partial charge in [0.1, 0.15) is 0 Å². The molecule has 4 nitrogen and oxygen atoms in total. The van der Waals surface area contributed by atoms with Crippen LogP contribution in [0.4, 0.5) is 0 Å². The van der Waals surface area contributed by atoms with Gasteiger partial charge in [0.05, 0.1) is 18.8 Å². The molecular formula is C11H21N3O. The molecule has 0 spiro atoms. The Morgan fingerprint density at radius 3 is 2.47 bits per heavy atom. The van der Waals surface area contributed by atoms with Crippen molar-refractivity contribution in [3.8, 4) is 0 Å². The van der Waals surface area contributed by atoms with Crippen LogP contribution in [0.25, 0.3) is 0 Å².